The molecule has 1 unspecified atom stereocenters. The van der Waals surface area contributed by atoms with Crippen molar-refractivity contribution in [3.63, 3.8) is 0 Å². The summed E-state index contributed by atoms with van der Waals surface area (Å²) in [7, 11) is 0. The molecule has 2 aromatic carbocycles. The average molecular weight is 384 g/mol. The first-order valence-electron chi connectivity index (χ1n) is 8.92. The Bertz CT molecular complexity index is 1120. The van der Waals surface area contributed by atoms with Gasteiger partial charge in [0.1, 0.15) is 5.69 Å². The van der Waals surface area contributed by atoms with E-state index in [4.69, 9.17) is 10.7 Å². The fraction of sp³-hybridized carbons (Fsp3) is 0.286. The normalized spacial score (nSPS) is 18.6. The molecule has 0 bridgehead atoms. The lowest BCUT2D eigenvalue weighted by Crippen LogP contribution is -2.34. The molecule has 0 saturated heterocycles. The van der Waals surface area contributed by atoms with Crippen LogP contribution in [-0.2, 0) is 6.18 Å². The zero-order valence-corrected chi connectivity index (χ0v) is 15.7. The van der Waals surface area contributed by atoms with Gasteiger partial charge >= 0.3 is 6.18 Å². The summed E-state index contributed by atoms with van der Waals surface area (Å²) in [5.41, 5.74) is 8.20. The van der Waals surface area contributed by atoms with Crippen LogP contribution in [0.4, 0.5) is 18.9 Å². The van der Waals surface area contributed by atoms with Crippen molar-refractivity contribution in [1.82, 2.24) is 10.2 Å². The molecule has 0 saturated carbocycles. The predicted molar refractivity (Wildman–Crippen MR) is 104 cm³/mol. The fourth-order valence-corrected chi connectivity index (χ4v) is 3.57. The van der Waals surface area contributed by atoms with Crippen molar-refractivity contribution < 1.29 is 13.2 Å². The van der Waals surface area contributed by atoms with Crippen LogP contribution in [0.1, 0.15) is 49.1 Å². The number of rotatable bonds is 1. The molecule has 0 fully saturated rings. The van der Waals surface area contributed by atoms with E-state index in [0.29, 0.717) is 33.7 Å². The number of aromatic nitrogens is 2. The molecule has 2 heterocycles. The summed E-state index contributed by atoms with van der Waals surface area (Å²) in [5.74, 6) is -0.205. The van der Waals surface area contributed by atoms with Crippen LogP contribution in [0.25, 0.3) is 10.9 Å². The lowest BCUT2D eigenvalue weighted by atomic mass is 9.76. The van der Waals surface area contributed by atoms with E-state index in [0.717, 1.165) is 11.5 Å². The first-order chi connectivity index (χ1) is 13.1. The van der Waals surface area contributed by atoms with Crippen LogP contribution in [0, 0.1) is 0 Å². The molecular formula is C21H19F3N4. The Morgan fingerprint density at radius 1 is 1.04 bits per heavy atom. The number of nitrogens with two attached hydrogens (primary N) is 1. The Hall–Kier alpha value is -2.96. The van der Waals surface area contributed by atoms with Crippen molar-refractivity contribution in [3.05, 3.63) is 64.8 Å². The third-order valence-corrected chi connectivity index (χ3v) is 5.49. The van der Waals surface area contributed by atoms with Crippen molar-refractivity contribution >= 4 is 22.3 Å². The molecule has 0 aliphatic carbocycles. The summed E-state index contributed by atoms with van der Waals surface area (Å²) >= 11 is 0. The number of fused-ring (bicyclic) bond motifs is 2. The molecule has 2 N–H and O–H groups in total. The van der Waals surface area contributed by atoms with Gasteiger partial charge in [-0.25, -0.2) is 0 Å². The lowest BCUT2D eigenvalue weighted by Gasteiger charge is -2.35. The van der Waals surface area contributed by atoms with Gasteiger partial charge in [-0.05, 0) is 37.6 Å². The van der Waals surface area contributed by atoms with Gasteiger partial charge in [0.2, 0.25) is 0 Å². The highest BCUT2D eigenvalue weighted by Gasteiger charge is 2.38. The number of benzene rings is 2. The minimum atomic E-state index is -4.41. The lowest BCUT2D eigenvalue weighted by molar-refractivity contribution is -0.137. The number of anilines is 1. The zero-order valence-electron chi connectivity index (χ0n) is 15.7. The summed E-state index contributed by atoms with van der Waals surface area (Å²) in [6, 6.07) is 11.1. The van der Waals surface area contributed by atoms with Crippen LogP contribution in [0.3, 0.4) is 0 Å². The molecule has 1 aliphatic heterocycles. The maximum Gasteiger partial charge on any atom is 0.416 e. The minimum Gasteiger partial charge on any atom is -0.396 e. The molecule has 7 heteroatoms. The van der Waals surface area contributed by atoms with Crippen LogP contribution in [0.15, 0.2) is 47.5 Å². The third kappa shape index (κ3) is 2.82. The maximum atomic E-state index is 13.3. The molecule has 0 radical (unpaired) electrons. The van der Waals surface area contributed by atoms with Gasteiger partial charge in [0.05, 0.1) is 28.0 Å². The quantitative estimate of drug-likeness (QED) is 0.645. The van der Waals surface area contributed by atoms with Gasteiger partial charge in [-0.3, -0.25) is 4.99 Å². The highest BCUT2D eigenvalue weighted by molar-refractivity contribution is 6.18. The molecule has 4 nitrogen and oxygen atoms in total. The van der Waals surface area contributed by atoms with Gasteiger partial charge in [0, 0.05) is 16.9 Å². The van der Waals surface area contributed by atoms with Crippen LogP contribution >= 0.6 is 0 Å². The Morgan fingerprint density at radius 3 is 2.46 bits per heavy atom. The largest absolute Gasteiger partial charge is 0.416 e. The number of halogens is 3. The molecule has 3 aromatic rings. The van der Waals surface area contributed by atoms with Gasteiger partial charge in [-0.1, -0.05) is 31.2 Å². The second kappa shape index (κ2) is 6.02. The number of aliphatic imine (C=N–C) groups is 1. The monoisotopic (exact) mass is 384 g/mol. The molecule has 1 aromatic heterocycles. The Balaban J connectivity index is 1.97. The van der Waals surface area contributed by atoms with Gasteiger partial charge in [0.15, 0.2) is 0 Å². The second-order valence-corrected chi connectivity index (χ2v) is 7.61. The Labute approximate surface area is 160 Å². The number of alkyl halides is 3. The van der Waals surface area contributed by atoms with Crippen LogP contribution in [0.5, 0.6) is 0 Å². The summed E-state index contributed by atoms with van der Waals surface area (Å²) in [6.07, 6.45) is -4.41. The van der Waals surface area contributed by atoms with E-state index in [-0.39, 0.29) is 5.92 Å². The summed E-state index contributed by atoms with van der Waals surface area (Å²) in [5, 5.41) is 9.22. The molecule has 1 atom stereocenters. The molecule has 0 amide bonds. The van der Waals surface area contributed by atoms with E-state index in [1.165, 1.54) is 12.1 Å². The van der Waals surface area contributed by atoms with Crippen molar-refractivity contribution in [2.24, 2.45) is 4.99 Å². The molecule has 28 heavy (non-hydrogen) atoms. The number of nitrogens with zero attached hydrogens (tertiary/aromatic N) is 3. The fourth-order valence-electron chi connectivity index (χ4n) is 3.57. The topological polar surface area (TPSA) is 64.2 Å². The third-order valence-electron chi connectivity index (χ3n) is 5.49. The molecule has 0 spiro atoms. The van der Waals surface area contributed by atoms with E-state index in [2.05, 4.69) is 10.2 Å². The smallest absolute Gasteiger partial charge is 0.396 e. The van der Waals surface area contributed by atoms with E-state index in [1.54, 1.807) is 6.07 Å². The second-order valence-electron chi connectivity index (χ2n) is 7.61. The van der Waals surface area contributed by atoms with Crippen LogP contribution in [-0.4, -0.2) is 21.4 Å². The van der Waals surface area contributed by atoms with Gasteiger partial charge in [-0.15, -0.1) is 10.2 Å². The molecule has 1 aliphatic rings. The summed E-state index contributed by atoms with van der Waals surface area (Å²) in [6.45, 7) is 5.67. The van der Waals surface area contributed by atoms with E-state index >= 15 is 0 Å². The molecule has 4 rings (SSSR count). The predicted octanol–water partition coefficient (Wildman–Crippen LogP) is 4.96. The standard InChI is InChI=1S/C21H19F3N4/c1-11-15-10-12(21(22,23)24)8-9-13(15)18(26-20(11,2)3)19-17(25)14-6-4-5-7-16(14)27-28-19/h4-11H,1-3H3,(H2,25,27). The Morgan fingerprint density at radius 2 is 1.75 bits per heavy atom. The van der Waals surface area contributed by atoms with Gasteiger partial charge < -0.3 is 5.73 Å². The van der Waals surface area contributed by atoms with Crippen molar-refractivity contribution in [2.75, 3.05) is 5.73 Å². The first kappa shape index (κ1) is 18.4. The van der Waals surface area contributed by atoms with Gasteiger partial charge in [0.25, 0.3) is 0 Å². The number of hydrogen-bond acceptors (Lipinski definition) is 4. The summed E-state index contributed by atoms with van der Waals surface area (Å²) in [4.78, 5) is 4.82. The minimum absolute atomic E-state index is 0.205. The first-order valence-corrected chi connectivity index (χ1v) is 8.92. The highest BCUT2D eigenvalue weighted by Crippen LogP contribution is 2.42. The van der Waals surface area contributed by atoms with Gasteiger partial charge in [-0.2, -0.15) is 13.2 Å². The zero-order chi connectivity index (χ0) is 20.3. The highest BCUT2D eigenvalue weighted by atomic mass is 19.4. The molecule has 144 valence electrons. The van der Waals surface area contributed by atoms with E-state index in [1.807, 2.05) is 39.0 Å². The van der Waals surface area contributed by atoms with Crippen molar-refractivity contribution in [2.45, 2.75) is 38.4 Å². The van der Waals surface area contributed by atoms with Crippen LogP contribution < -0.4 is 5.73 Å². The molecular weight excluding hydrogens is 365 g/mol. The maximum absolute atomic E-state index is 13.3. The van der Waals surface area contributed by atoms with E-state index < -0.39 is 17.3 Å². The summed E-state index contributed by atoms with van der Waals surface area (Å²) < 4.78 is 39.8. The Kier molecular flexibility index (Phi) is 3.96. The number of nitrogen functional groups attached to an aromatic ring is 1. The van der Waals surface area contributed by atoms with Crippen molar-refractivity contribution in [1.29, 1.82) is 0 Å². The van der Waals surface area contributed by atoms with E-state index in [9.17, 15) is 13.2 Å². The SMILES string of the molecule is CC1c2cc(C(F)(F)F)ccc2C(c2nnc3ccccc3c2N)=NC1(C)C. The van der Waals surface area contributed by atoms with Crippen LogP contribution in [0.2, 0.25) is 0 Å². The van der Waals surface area contributed by atoms with Crippen molar-refractivity contribution in [3.8, 4) is 0 Å². The average Bonchev–Trinajstić information content (AvgIpc) is 2.64. The number of hydrogen-bond donors (Lipinski definition) is 1.